The van der Waals surface area contributed by atoms with Crippen molar-refractivity contribution in [1.29, 1.82) is 0 Å². The van der Waals surface area contributed by atoms with Crippen molar-refractivity contribution < 1.29 is 14.7 Å². The van der Waals surface area contributed by atoms with E-state index in [1.54, 1.807) is 12.2 Å². The second kappa shape index (κ2) is 2.55. The third-order valence-corrected chi connectivity index (χ3v) is 1.89. The number of nitrogens with one attached hydrogen (secondary N) is 1. The van der Waals surface area contributed by atoms with Crippen molar-refractivity contribution in [3.8, 4) is 0 Å². The molecule has 1 aliphatic carbocycles. The highest BCUT2D eigenvalue weighted by atomic mass is 16.4. The number of carbonyl (C=O) groups excluding carboxylic acids is 1. The number of aliphatic carboxylic acids is 1. The Bertz CT molecular complexity index is 379. The highest BCUT2D eigenvalue weighted by Crippen LogP contribution is 2.15. The molecule has 0 bridgehead atoms. The third-order valence-electron chi connectivity index (χ3n) is 1.89. The van der Waals surface area contributed by atoms with Gasteiger partial charge in [0, 0.05) is 0 Å². The van der Waals surface area contributed by atoms with Crippen molar-refractivity contribution in [2.75, 3.05) is 0 Å². The zero-order valence-corrected chi connectivity index (χ0v) is 6.52. The summed E-state index contributed by atoms with van der Waals surface area (Å²) >= 11 is 0. The molecule has 1 heterocycles. The summed E-state index contributed by atoms with van der Waals surface area (Å²) in [4.78, 5) is 25.1. The Morgan fingerprint density at radius 1 is 1.62 bits per heavy atom. The SMILES string of the molecule is O=C1N=C2C=CC=C(C(=O)O)C2N1. The lowest BCUT2D eigenvalue weighted by molar-refractivity contribution is -0.132. The maximum absolute atomic E-state index is 10.8. The molecule has 1 unspecified atom stereocenters. The van der Waals surface area contributed by atoms with Crippen molar-refractivity contribution in [3.05, 3.63) is 23.8 Å². The number of nitrogens with zero attached hydrogens (tertiary/aromatic N) is 1. The Hall–Kier alpha value is -1.91. The summed E-state index contributed by atoms with van der Waals surface area (Å²) in [5.74, 6) is -1.04. The lowest BCUT2D eigenvalue weighted by Gasteiger charge is -2.13. The van der Waals surface area contributed by atoms with Crippen LogP contribution in [0.25, 0.3) is 0 Å². The summed E-state index contributed by atoms with van der Waals surface area (Å²) in [6.07, 6.45) is 4.64. The monoisotopic (exact) mass is 178 g/mol. The number of carboxylic acids is 1. The smallest absolute Gasteiger partial charge is 0.342 e. The summed E-state index contributed by atoms with van der Waals surface area (Å²) in [5.41, 5.74) is 0.608. The number of hydrogen-bond acceptors (Lipinski definition) is 2. The number of urea groups is 1. The van der Waals surface area contributed by atoms with E-state index in [-0.39, 0.29) is 5.57 Å². The van der Waals surface area contributed by atoms with E-state index in [2.05, 4.69) is 10.3 Å². The Morgan fingerprint density at radius 3 is 3.08 bits per heavy atom. The first-order valence-electron chi connectivity index (χ1n) is 3.69. The molecule has 0 saturated heterocycles. The average Bonchev–Trinajstić information content (AvgIpc) is 2.43. The van der Waals surface area contributed by atoms with Crippen LogP contribution in [0.15, 0.2) is 28.8 Å². The van der Waals surface area contributed by atoms with Crippen LogP contribution in [-0.2, 0) is 4.79 Å². The van der Waals surface area contributed by atoms with Gasteiger partial charge < -0.3 is 10.4 Å². The fourth-order valence-electron chi connectivity index (χ4n) is 1.32. The largest absolute Gasteiger partial charge is 0.478 e. The first kappa shape index (κ1) is 7.72. The Kier molecular flexibility index (Phi) is 1.51. The van der Waals surface area contributed by atoms with E-state index < -0.39 is 18.0 Å². The van der Waals surface area contributed by atoms with E-state index in [4.69, 9.17) is 5.11 Å². The highest BCUT2D eigenvalue weighted by molar-refractivity contribution is 6.17. The molecule has 0 fully saturated rings. The molecule has 1 aliphatic heterocycles. The van der Waals surface area contributed by atoms with Crippen LogP contribution in [-0.4, -0.2) is 28.9 Å². The predicted octanol–water partition coefficient (Wildman–Crippen LogP) is 0.100. The van der Waals surface area contributed by atoms with Gasteiger partial charge in [-0.05, 0) is 12.2 Å². The number of carboxylic acid groups (broad SMARTS) is 1. The zero-order chi connectivity index (χ0) is 9.42. The summed E-state index contributed by atoms with van der Waals surface area (Å²) in [6, 6.07) is -1.06. The first-order chi connectivity index (χ1) is 6.18. The number of carbonyl (C=O) groups is 2. The number of fused-ring (bicyclic) bond motifs is 1. The fraction of sp³-hybridized carbons (Fsp3) is 0.125. The molecule has 2 aliphatic rings. The van der Waals surface area contributed by atoms with Gasteiger partial charge in [0.1, 0.15) is 6.04 Å². The maximum atomic E-state index is 10.8. The van der Waals surface area contributed by atoms with E-state index in [1.165, 1.54) is 6.08 Å². The van der Waals surface area contributed by atoms with Gasteiger partial charge in [-0.2, -0.15) is 4.99 Å². The van der Waals surface area contributed by atoms with Crippen LogP contribution in [0.3, 0.4) is 0 Å². The standard InChI is InChI=1S/C8H6N2O3/c11-7(12)4-2-1-3-5-6(4)10-8(13)9-5/h1-3,6H,(H,10,13)(H,11,12). The maximum Gasteiger partial charge on any atom is 0.342 e. The molecule has 0 radical (unpaired) electrons. The average molecular weight is 178 g/mol. The molecule has 0 saturated carbocycles. The van der Waals surface area contributed by atoms with Crippen LogP contribution in [0.1, 0.15) is 0 Å². The van der Waals surface area contributed by atoms with Gasteiger partial charge in [0.25, 0.3) is 0 Å². The molecule has 0 aromatic carbocycles. The molecule has 13 heavy (non-hydrogen) atoms. The fourth-order valence-corrected chi connectivity index (χ4v) is 1.32. The molecule has 2 N–H and O–H groups in total. The molecule has 0 spiro atoms. The minimum absolute atomic E-state index is 0.145. The number of amides is 2. The Balaban J connectivity index is 2.39. The van der Waals surface area contributed by atoms with Gasteiger partial charge in [0.2, 0.25) is 0 Å². The summed E-state index contributed by atoms with van der Waals surface area (Å²) in [7, 11) is 0. The third kappa shape index (κ3) is 1.14. The van der Waals surface area contributed by atoms with E-state index >= 15 is 0 Å². The van der Waals surface area contributed by atoms with Gasteiger partial charge in [-0.1, -0.05) is 6.08 Å². The molecule has 2 amide bonds. The van der Waals surface area contributed by atoms with Gasteiger partial charge in [0.15, 0.2) is 0 Å². The molecule has 2 rings (SSSR count). The second-order valence-electron chi connectivity index (χ2n) is 2.71. The van der Waals surface area contributed by atoms with Gasteiger partial charge in [-0.3, -0.25) is 0 Å². The van der Waals surface area contributed by atoms with Gasteiger partial charge >= 0.3 is 12.0 Å². The predicted molar refractivity (Wildman–Crippen MR) is 44.6 cm³/mol. The van der Waals surface area contributed by atoms with Crippen LogP contribution in [0.4, 0.5) is 4.79 Å². The van der Waals surface area contributed by atoms with Crippen molar-refractivity contribution in [2.24, 2.45) is 4.99 Å². The van der Waals surface area contributed by atoms with E-state index in [1.807, 2.05) is 0 Å². The van der Waals surface area contributed by atoms with E-state index in [9.17, 15) is 9.59 Å². The van der Waals surface area contributed by atoms with Crippen molar-refractivity contribution >= 4 is 17.7 Å². The van der Waals surface area contributed by atoms with Gasteiger partial charge in [-0.25, -0.2) is 9.59 Å². The van der Waals surface area contributed by atoms with Crippen LogP contribution in [0.5, 0.6) is 0 Å². The molecule has 0 aromatic heterocycles. The summed E-state index contributed by atoms with van der Waals surface area (Å²) in [5, 5.41) is 11.2. The quantitative estimate of drug-likeness (QED) is 0.597. The van der Waals surface area contributed by atoms with Crippen molar-refractivity contribution in [3.63, 3.8) is 0 Å². The van der Waals surface area contributed by atoms with Crippen LogP contribution in [0, 0.1) is 0 Å². The molecule has 5 heteroatoms. The van der Waals surface area contributed by atoms with Crippen LogP contribution < -0.4 is 5.32 Å². The molecular formula is C8H6N2O3. The van der Waals surface area contributed by atoms with Crippen molar-refractivity contribution in [1.82, 2.24) is 5.32 Å². The first-order valence-corrected chi connectivity index (χ1v) is 3.69. The summed E-state index contributed by atoms with van der Waals surface area (Å²) in [6.45, 7) is 0. The molecule has 0 aromatic rings. The highest BCUT2D eigenvalue weighted by Gasteiger charge is 2.32. The lowest BCUT2D eigenvalue weighted by atomic mass is 9.98. The summed E-state index contributed by atoms with van der Waals surface area (Å²) < 4.78 is 0. The van der Waals surface area contributed by atoms with Crippen LogP contribution in [0.2, 0.25) is 0 Å². The van der Waals surface area contributed by atoms with Gasteiger partial charge in [-0.15, -0.1) is 0 Å². The van der Waals surface area contributed by atoms with Crippen molar-refractivity contribution in [2.45, 2.75) is 6.04 Å². The second-order valence-corrected chi connectivity index (χ2v) is 2.71. The van der Waals surface area contributed by atoms with Gasteiger partial charge in [0.05, 0.1) is 11.3 Å². The minimum Gasteiger partial charge on any atom is -0.478 e. The normalized spacial score (nSPS) is 24.6. The Labute approximate surface area is 73.5 Å². The number of allylic oxidation sites excluding steroid dienone is 2. The lowest BCUT2D eigenvalue weighted by Crippen LogP contribution is -2.37. The molecular weight excluding hydrogens is 172 g/mol. The Morgan fingerprint density at radius 2 is 2.38 bits per heavy atom. The molecule has 1 atom stereocenters. The zero-order valence-electron chi connectivity index (χ0n) is 6.52. The molecule has 5 nitrogen and oxygen atoms in total. The number of aliphatic imine (C=N–C) groups is 1. The van der Waals surface area contributed by atoms with E-state index in [0.29, 0.717) is 5.71 Å². The number of rotatable bonds is 1. The minimum atomic E-state index is -1.04. The number of hydrogen-bond donors (Lipinski definition) is 2. The van der Waals surface area contributed by atoms with Crippen LogP contribution >= 0.6 is 0 Å². The topological polar surface area (TPSA) is 78.8 Å². The molecule has 66 valence electrons. The van der Waals surface area contributed by atoms with E-state index in [0.717, 1.165) is 0 Å².